The molecule has 0 saturated carbocycles. The fraction of sp³-hybridized carbons (Fsp3) is 0.647. The first-order valence-corrected chi connectivity index (χ1v) is 8.07. The summed E-state index contributed by atoms with van der Waals surface area (Å²) in [5.74, 6) is 0.612. The molecule has 2 N–H and O–H groups in total. The first-order chi connectivity index (χ1) is 10.2. The van der Waals surface area contributed by atoms with Crippen LogP contribution in [0.4, 0.5) is 4.39 Å². The van der Waals surface area contributed by atoms with Gasteiger partial charge in [-0.25, -0.2) is 4.39 Å². The van der Waals surface area contributed by atoms with Crippen molar-refractivity contribution >= 4 is 0 Å². The van der Waals surface area contributed by atoms with E-state index in [1.54, 1.807) is 6.07 Å². The number of hydrogen-bond donors (Lipinski definition) is 1. The average Bonchev–Trinajstić information content (AvgIpc) is 2.49. The molecular weight excluding hydrogens is 265 g/mol. The summed E-state index contributed by atoms with van der Waals surface area (Å²) < 4.78 is 13.5. The van der Waals surface area contributed by atoms with E-state index in [-0.39, 0.29) is 12.4 Å². The molecule has 4 heteroatoms. The third-order valence-electron chi connectivity index (χ3n) is 5.17. The van der Waals surface area contributed by atoms with Gasteiger partial charge in [0.15, 0.2) is 0 Å². The van der Waals surface area contributed by atoms with Gasteiger partial charge in [0, 0.05) is 31.2 Å². The SMILES string of the molecule is CN1CCCC2CN(Cc3ccc(F)c(CN)c3)CCC21. The quantitative estimate of drug-likeness (QED) is 0.926. The Balaban J connectivity index is 1.64. The Hall–Kier alpha value is -0.970. The van der Waals surface area contributed by atoms with Crippen molar-refractivity contribution < 1.29 is 4.39 Å². The standard InChI is InChI=1S/C17H26FN3/c1-20-7-2-3-14-12-21(8-6-17(14)20)11-13-4-5-16(18)15(9-13)10-19/h4-5,9,14,17H,2-3,6-8,10-12,19H2,1H3. The fourth-order valence-electron chi connectivity index (χ4n) is 4.01. The van der Waals surface area contributed by atoms with Gasteiger partial charge in [0.05, 0.1) is 0 Å². The predicted molar refractivity (Wildman–Crippen MR) is 83.3 cm³/mol. The number of benzene rings is 1. The number of likely N-dealkylation sites (tertiary alicyclic amines) is 2. The number of nitrogens with two attached hydrogens (primary N) is 1. The minimum absolute atomic E-state index is 0.186. The summed E-state index contributed by atoms with van der Waals surface area (Å²) in [7, 11) is 2.26. The van der Waals surface area contributed by atoms with E-state index in [1.165, 1.54) is 37.9 Å². The normalized spacial score (nSPS) is 27.6. The summed E-state index contributed by atoms with van der Waals surface area (Å²) in [6.07, 6.45) is 3.93. The molecule has 0 amide bonds. The number of piperidine rings is 2. The zero-order chi connectivity index (χ0) is 14.8. The summed E-state index contributed by atoms with van der Waals surface area (Å²) in [6, 6.07) is 6.14. The van der Waals surface area contributed by atoms with Crippen molar-refractivity contribution in [1.29, 1.82) is 0 Å². The predicted octanol–water partition coefficient (Wildman–Crippen LogP) is 2.20. The Morgan fingerprint density at radius 2 is 2.14 bits per heavy atom. The molecule has 0 bridgehead atoms. The third kappa shape index (κ3) is 3.28. The van der Waals surface area contributed by atoms with Crippen molar-refractivity contribution in [2.45, 2.75) is 38.4 Å². The Morgan fingerprint density at radius 1 is 1.29 bits per heavy atom. The van der Waals surface area contributed by atoms with Crippen LogP contribution < -0.4 is 5.73 Å². The van der Waals surface area contributed by atoms with Crippen LogP contribution in [0.25, 0.3) is 0 Å². The molecule has 1 aromatic carbocycles. The van der Waals surface area contributed by atoms with Crippen LogP contribution in [0.15, 0.2) is 18.2 Å². The van der Waals surface area contributed by atoms with Crippen molar-refractivity contribution in [1.82, 2.24) is 9.80 Å². The molecule has 2 fully saturated rings. The molecular formula is C17H26FN3. The lowest BCUT2D eigenvalue weighted by Gasteiger charge is -2.46. The van der Waals surface area contributed by atoms with Gasteiger partial charge in [-0.15, -0.1) is 0 Å². The van der Waals surface area contributed by atoms with E-state index >= 15 is 0 Å². The second-order valence-corrected chi connectivity index (χ2v) is 6.60. The van der Waals surface area contributed by atoms with Gasteiger partial charge < -0.3 is 10.6 Å². The third-order valence-corrected chi connectivity index (χ3v) is 5.17. The van der Waals surface area contributed by atoms with Gasteiger partial charge in [-0.1, -0.05) is 12.1 Å². The summed E-state index contributed by atoms with van der Waals surface area (Å²) in [6.45, 7) is 4.75. The number of hydrogen-bond acceptors (Lipinski definition) is 3. The van der Waals surface area contributed by atoms with E-state index in [2.05, 4.69) is 16.8 Å². The Kier molecular flexibility index (Phi) is 4.57. The Bertz CT molecular complexity index is 491. The molecule has 116 valence electrons. The topological polar surface area (TPSA) is 32.5 Å². The van der Waals surface area contributed by atoms with Gasteiger partial charge in [-0.05, 0) is 56.9 Å². The lowest BCUT2D eigenvalue weighted by Crippen LogP contribution is -2.52. The summed E-state index contributed by atoms with van der Waals surface area (Å²) in [5, 5.41) is 0. The van der Waals surface area contributed by atoms with Crippen LogP contribution in [0, 0.1) is 11.7 Å². The highest BCUT2D eigenvalue weighted by molar-refractivity contribution is 5.25. The van der Waals surface area contributed by atoms with Gasteiger partial charge in [0.2, 0.25) is 0 Å². The van der Waals surface area contributed by atoms with E-state index in [0.717, 1.165) is 25.0 Å². The number of halogens is 1. The first-order valence-electron chi connectivity index (χ1n) is 8.07. The number of rotatable bonds is 3. The molecule has 0 radical (unpaired) electrons. The van der Waals surface area contributed by atoms with Gasteiger partial charge >= 0.3 is 0 Å². The van der Waals surface area contributed by atoms with Gasteiger partial charge in [0.1, 0.15) is 5.82 Å². The average molecular weight is 291 g/mol. The van der Waals surface area contributed by atoms with Gasteiger partial charge in [-0.2, -0.15) is 0 Å². The van der Waals surface area contributed by atoms with Crippen LogP contribution in [0.1, 0.15) is 30.4 Å². The molecule has 1 aromatic rings. The van der Waals surface area contributed by atoms with Crippen molar-refractivity contribution in [3.8, 4) is 0 Å². The maximum absolute atomic E-state index is 13.5. The molecule has 2 unspecified atom stereocenters. The Labute approximate surface area is 126 Å². The minimum Gasteiger partial charge on any atom is -0.326 e. The van der Waals surface area contributed by atoms with Crippen LogP contribution >= 0.6 is 0 Å². The van der Waals surface area contributed by atoms with Crippen LogP contribution in [-0.4, -0.2) is 42.5 Å². The number of nitrogens with zero attached hydrogens (tertiary/aromatic N) is 2. The Morgan fingerprint density at radius 3 is 2.95 bits per heavy atom. The van der Waals surface area contributed by atoms with Crippen molar-refractivity contribution in [3.05, 3.63) is 35.1 Å². The van der Waals surface area contributed by atoms with Crippen LogP contribution in [0.3, 0.4) is 0 Å². The van der Waals surface area contributed by atoms with Crippen LogP contribution in [0.2, 0.25) is 0 Å². The van der Waals surface area contributed by atoms with Crippen LogP contribution in [0.5, 0.6) is 0 Å². The highest BCUT2D eigenvalue weighted by atomic mass is 19.1. The highest BCUT2D eigenvalue weighted by Gasteiger charge is 2.33. The van der Waals surface area contributed by atoms with E-state index in [4.69, 9.17) is 5.73 Å². The van der Waals surface area contributed by atoms with E-state index in [1.807, 2.05) is 12.1 Å². The summed E-state index contributed by atoms with van der Waals surface area (Å²) in [5.41, 5.74) is 7.40. The molecule has 0 spiro atoms. The van der Waals surface area contributed by atoms with E-state index in [9.17, 15) is 4.39 Å². The zero-order valence-electron chi connectivity index (χ0n) is 12.9. The second-order valence-electron chi connectivity index (χ2n) is 6.60. The molecule has 2 aliphatic rings. The second kappa shape index (κ2) is 6.42. The lowest BCUT2D eigenvalue weighted by molar-refractivity contribution is 0.0355. The number of fused-ring (bicyclic) bond motifs is 1. The minimum atomic E-state index is -0.186. The fourth-order valence-corrected chi connectivity index (χ4v) is 4.01. The monoisotopic (exact) mass is 291 g/mol. The van der Waals surface area contributed by atoms with E-state index in [0.29, 0.717) is 5.56 Å². The summed E-state index contributed by atoms with van der Waals surface area (Å²) in [4.78, 5) is 5.06. The highest BCUT2D eigenvalue weighted by Crippen LogP contribution is 2.30. The first kappa shape index (κ1) is 14.9. The smallest absolute Gasteiger partial charge is 0.127 e. The molecule has 21 heavy (non-hydrogen) atoms. The molecule has 0 aliphatic carbocycles. The largest absolute Gasteiger partial charge is 0.326 e. The molecule has 2 heterocycles. The molecule has 2 aliphatic heterocycles. The van der Waals surface area contributed by atoms with Gasteiger partial charge in [-0.3, -0.25) is 4.90 Å². The van der Waals surface area contributed by atoms with Crippen molar-refractivity contribution in [3.63, 3.8) is 0 Å². The van der Waals surface area contributed by atoms with Crippen molar-refractivity contribution in [2.24, 2.45) is 11.7 Å². The lowest BCUT2D eigenvalue weighted by atomic mass is 9.84. The maximum atomic E-state index is 13.5. The zero-order valence-corrected chi connectivity index (χ0v) is 12.9. The van der Waals surface area contributed by atoms with Gasteiger partial charge in [0.25, 0.3) is 0 Å². The molecule has 3 nitrogen and oxygen atoms in total. The molecule has 2 saturated heterocycles. The molecule has 2 atom stereocenters. The molecule has 3 rings (SSSR count). The maximum Gasteiger partial charge on any atom is 0.127 e. The van der Waals surface area contributed by atoms with Crippen molar-refractivity contribution in [2.75, 3.05) is 26.7 Å². The van der Waals surface area contributed by atoms with Crippen LogP contribution in [-0.2, 0) is 13.1 Å². The van der Waals surface area contributed by atoms with E-state index < -0.39 is 0 Å². The molecule has 0 aromatic heterocycles. The summed E-state index contributed by atoms with van der Waals surface area (Å²) >= 11 is 0.